The van der Waals surface area contributed by atoms with Crippen molar-refractivity contribution in [2.45, 2.75) is 50.6 Å². The molecular formula is C36H34N2O3. The van der Waals surface area contributed by atoms with Gasteiger partial charge in [-0.2, -0.15) is 0 Å². The molecule has 0 saturated carbocycles. The van der Waals surface area contributed by atoms with Crippen molar-refractivity contribution < 1.29 is 14.4 Å². The average molecular weight is 543 g/mol. The summed E-state index contributed by atoms with van der Waals surface area (Å²) in [5.74, 6) is -1.91. The maximum atomic E-state index is 14.8. The minimum Gasteiger partial charge on any atom is -0.323 e. The first kappa shape index (κ1) is 26.7. The molecule has 2 aliphatic rings. The van der Waals surface area contributed by atoms with Crippen molar-refractivity contribution in [2.75, 3.05) is 5.32 Å². The topological polar surface area (TPSA) is 66.5 Å². The zero-order valence-corrected chi connectivity index (χ0v) is 23.4. The zero-order valence-electron chi connectivity index (χ0n) is 23.4. The maximum Gasteiger partial charge on any atom is 0.255 e. The van der Waals surface area contributed by atoms with Crippen LogP contribution in [0.1, 0.15) is 70.0 Å². The van der Waals surface area contributed by atoms with E-state index < -0.39 is 11.5 Å². The van der Waals surface area contributed by atoms with E-state index in [1.54, 1.807) is 17.0 Å². The van der Waals surface area contributed by atoms with Crippen LogP contribution < -0.4 is 5.32 Å². The molecule has 0 bridgehead atoms. The lowest BCUT2D eigenvalue weighted by Gasteiger charge is -2.39. The summed E-state index contributed by atoms with van der Waals surface area (Å²) in [5.41, 5.74) is 2.94. The molecule has 4 atom stereocenters. The Morgan fingerprint density at radius 2 is 1.41 bits per heavy atom. The number of likely N-dealkylation sites (tertiary alicyclic amines) is 1. The molecule has 0 radical (unpaired) electrons. The molecule has 0 aliphatic carbocycles. The van der Waals surface area contributed by atoms with Gasteiger partial charge in [-0.1, -0.05) is 111 Å². The predicted octanol–water partition coefficient (Wildman–Crippen LogP) is 7.00. The Morgan fingerprint density at radius 1 is 0.780 bits per heavy atom. The van der Waals surface area contributed by atoms with Gasteiger partial charge in [-0.05, 0) is 42.2 Å². The normalized spacial score (nSPS) is 22.9. The number of aryl methyl sites for hydroxylation is 1. The monoisotopic (exact) mass is 542 g/mol. The smallest absolute Gasteiger partial charge is 0.255 e. The summed E-state index contributed by atoms with van der Waals surface area (Å²) in [4.78, 5) is 45.8. The van der Waals surface area contributed by atoms with Crippen LogP contribution in [0.2, 0.25) is 0 Å². The second-order valence-electron chi connectivity index (χ2n) is 11.0. The van der Waals surface area contributed by atoms with Crippen LogP contribution in [0.15, 0.2) is 109 Å². The van der Waals surface area contributed by atoms with Crippen LogP contribution in [0.5, 0.6) is 0 Å². The molecule has 4 aromatic carbocycles. The summed E-state index contributed by atoms with van der Waals surface area (Å²) in [5, 5.41) is 3.07. The molecule has 1 N–H and O–H groups in total. The predicted molar refractivity (Wildman–Crippen MR) is 161 cm³/mol. The van der Waals surface area contributed by atoms with Crippen molar-refractivity contribution >= 4 is 23.3 Å². The minimum absolute atomic E-state index is 0.135. The highest BCUT2D eigenvalue weighted by atomic mass is 16.2. The van der Waals surface area contributed by atoms with E-state index in [1.165, 1.54) is 0 Å². The Morgan fingerprint density at radius 3 is 2.07 bits per heavy atom. The van der Waals surface area contributed by atoms with Gasteiger partial charge in [0.1, 0.15) is 0 Å². The highest BCUT2D eigenvalue weighted by molar-refractivity contribution is 6.15. The van der Waals surface area contributed by atoms with Gasteiger partial charge < -0.3 is 10.2 Å². The van der Waals surface area contributed by atoms with E-state index in [1.807, 2.05) is 97.1 Å². The van der Waals surface area contributed by atoms with Crippen molar-refractivity contribution in [3.05, 3.63) is 137 Å². The molecule has 2 amide bonds. The van der Waals surface area contributed by atoms with Crippen LogP contribution in [0.25, 0.3) is 0 Å². The number of para-hydroxylation sites is 1. The fourth-order valence-electron chi connectivity index (χ4n) is 7.03. The number of Topliss-reactive ketones (excluding diaryl/α,β-unsaturated/α-hetero) is 1. The van der Waals surface area contributed by atoms with Crippen molar-refractivity contribution in [3.63, 3.8) is 0 Å². The number of amides is 2. The number of carbonyl (C=O) groups is 3. The molecular weight excluding hydrogens is 508 g/mol. The van der Waals surface area contributed by atoms with E-state index in [-0.39, 0.29) is 29.6 Å². The van der Waals surface area contributed by atoms with E-state index >= 15 is 0 Å². The molecule has 5 nitrogen and oxygen atoms in total. The molecule has 5 heteroatoms. The van der Waals surface area contributed by atoms with Crippen molar-refractivity contribution in [2.24, 2.45) is 5.92 Å². The van der Waals surface area contributed by atoms with Gasteiger partial charge in [-0.25, -0.2) is 0 Å². The van der Waals surface area contributed by atoms with Crippen LogP contribution in [0.3, 0.4) is 0 Å². The first-order valence-corrected chi connectivity index (χ1v) is 14.5. The quantitative estimate of drug-likeness (QED) is 0.256. The van der Waals surface area contributed by atoms with E-state index in [0.29, 0.717) is 28.8 Å². The Bertz CT molecular complexity index is 1580. The molecule has 2 heterocycles. The first-order chi connectivity index (χ1) is 20.0. The number of fused-ring (bicyclic) bond motifs is 2. The molecule has 41 heavy (non-hydrogen) atoms. The van der Waals surface area contributed by atoms with Gasteiger partial charge in [0.15, 0.2) is 11.3 Å². The fraction of sp³-hybridized carbons (Fsp3) is 0.250. The average Bonchev–Trinajstić information content (AvgIpc) is 3.49. The Balaban J connectivity index is 1.66. The van der Waals surface area contributed by atoms with Gasteiger partial charge in [-0.3, -0.25) is 14.4 Å². The lowest BCUT2D eigenvalue weighted by molar-refractivity contribution is -0.127. The van der Waals surface area contributed by atoms with Gasteiger partial charge in [-0.15, -0.1) is 0 Å². The largest absolute Gasteiger partial charge is 0.323 e. The summed E-state index contributed by atoms with van der Waals surface area (Å²) in [7, 11) is 0. The summed E-state index contributed by atoms with van der Waals surface area (Å²) in [6.45, 7) is 4.16. The lowest BCUT2D eigenvalue weighted by Crippen LogP contribution is -2.56. The highest BCUT2D eigenvalue weighted by Gasteiger charge is 2.69. The molecule has 2 aliphatic heterocycles. The molecule has 4 aromatic rings. The number of ketones is 1. The van der Waals surface area contributed by atoms with Crippen molar-refractivity contribution in [3.8, 4) is 0 Å². The number of hydrogen-bond acceptors (Lipinski definition) is 3. The molecule has 4 unspecified atom stereocenters. The second-order valence-corrected chi connectivity index (χ2v) is 11.0. The Kier molecular flexibility index (Phi) is 7.04. The number of rotatable bonds is 7. The van der Waals surface area contributed by atoms with E-state index in [4.69, 9.17) is 0 Å². The number of anilines is 1. The molecule has 1 saturated heterocycles. The van der Waals surface area contributed by atoms with Crippen LogP contribution in [-0.2, 0) is 16.8 Å². The number of carbonyl (C=O) groups excluding carboxylic acids is 3. The van der Waals surface area contributed by atoms with Gasteiger partial charge in [0.05, 0.1) is 5.92 Å². The molecule has 206 valence electrons. The van der Waals surface area contributed by atoms with Crippen LogP contribution in [0.4, 0.5) is 5.69 Å². The summed E-state index contributed by atoms with van der Waals surface area (Å²) < 4.78 is 0. The number of nitrogens with zero attached hydrogens (tertiary/aromatic N) is 1. The van der Waals surface area contributed by atoms with Gasteiger partial charge in [0.2, 0.25) is 0 Å². The highest BCUT2D eigenvalue weighted by Crippen LogP contribution is 2.60. The van der Waals surface area contributed by atoms with Crippen molar-refractivity contribution in [1.29, 1.82) is 0 Å². The van der Waals surface area contributed by atoms with Crippen LogP contribution >= 0.6 is 0 Å². The Labute approximate surface area is 241 Å². The molecule has 0 aromatic heterocycles. The number of hydrogen-bond donors (Lipinski definition) is 1. The minimum atomic E-state index is -1.51. The Hall–Kier alpha value is -4.51. The summed E-state index contributed by atoms with van der Waals surface area (Å²) in [6.07, 6.45) is 2.30. The number of nitrogens with one attached hydrogen (secondary N) is 1. The molecule has 6 rings (SSSR count). The fourth-order valence-corrected chi connectivity index (χ4v) is 7.03. The van der Waals surface area contributed by atoms with Crippen LogP contribution in [-0.4, -0.2) is 28.5 Å². The maximum absolute atomic E-state index is 14.8. The number of benzene rings is 4. The third-order valence-corrected chi connectivity index (χ3v) is 8.81. The first-order valence-electron chi connectivity index (χ1n) is 14.5. The third-order valence-electron chi connectivity index (χ3n) is 8.81. The van der Waals surface area contributed by atoms with E-state index in [2.05, 4.69) is 19.2 Å². The summed E-state index contributed by atoms with van der Waals surface area (Å²) >= 11 is 0. The standard InChI is InChI=1S/C36H34N2O3/c1-3-13-30-31(25-14-7-5-8-15-25)32(33(39)26-16-9-6-10-17-26)36(28-18-11-12-19-29(28)37-35(36)41)38(30)34(40)27-22-20-24(4-2)21-23-27/h5-12,14-23,30-32H,3-4,13H2,1-2H3,(H,37,41). The lowest BCUT2D eigenvalue weighted by atomic mass is 9.69. The molecule has 1 spiro atoms. The van der Waals surface area contributed by atoms with Crippen LogP contribution in [0, 0.1) is 5.92 Å². The third kappa shape index (κ3) is 4.19. The second kappa shape index (κ2) is 10.8. The SMILES string of the molecule is CCCC1C(c2ccccc2)C(C(=O)c2ccccc2)C2(C(=O)Nc3ccccc32)N1C(=O)c1ccc(CC)cc1. The van der Waals surface area contributed by atoms with Gasteiger partial charge >= 0.3 is 0 Å². The molecule has 1 fully saturated rings. The van der Waals surface area contributed by atoms with Crippen molar-refractivity contribution in [1.82, 2.24) is 4.90 Å². The zero-order chi connectivity index (χ0) is 28.6. The van der Waals surface area contributed by atoms with E-state index in [0.717, 1.165) is 24.0 Å². The van der Waals surface area contributed by atoms with E-state index in [9.17, 15) is 14.4 Å². The van der Waals surface area contributed by atoms with Gasteiger partial charge in [0.25, 0.3) is 11.8 Å². The van der Waals surface area contributed by atoms with Gasteiger partial charge in [0, 0.05) is 34.3 Å². The summed E-state index contributed by atoms with van der Waals surface area (Å²) in [6, 6.07) is 33.9.